The Morgan fingerprint density at radius 1 is 0.633 bits per heavy atom. The van der Waals surface area contributed by atoms with Crippen molar-refractivity contribution in [2.45, 2.75) is 64.7 Å². The van der Waals surface area contributed by atoms with Crippen molar-refractivity contribution in [2.75, 3.05) is 0 Å². The Morgan fingerprint density at radius 2 is 1.10 bits per heavy atom. The molecule has 0 saturated carbocycles. The van der Waals surface area contributed by atoms with Crippen LogP contribution in [0.15, 0.2) is 48.5 Å². The molecule has 2 aliphatic rings. The second kappa shape index (κ2) is 5.14. The van der Waals surface area contributed by atoms with Crippen molar-refractivity contribution in [1.29, 1.82) is 0 Å². The summed E-state index contributed by atoms with van der Waals surface area (Å²) in [5, 5.41) is 2.71. The van der Waals surface area contributed by atoms with Crippen LogP contribution in [0.1, 0.15) is 76.3 Å². The molecule has 4 aromatic rings. The van der Waals surface area contributed by atoms with Crippen LogP contribution in [-0.4, -0.2) is 4.98 Å². The largest absolute Gasteiger partial charge is 0.248 e. The molecule has 30 heavy (non-hydrogen) atoms. The van der Waals surface area contributed by atoms with Gasteiger partial charge in [0.15, 0.2) is 0 Å². The van der Waals surface area contributed by atoms with Crippen LogP contribution in [0.3, 0.4) is 0 Å². The highest BCUT2D eigenvalue weighted by Gasteiger charge is 2.43. The number of rotatable bonds is 0. The summed E-state index contributed by atoms with van der Waals surface area (Å²) in [4.78, 5) is 5.13. The van der Waals surface area contributed by atoms with E-state index in [1.807, 2.05) is 0 Å². The van der Waals surface area contributed by atoms with E-state index in [0.717, 1.165) is 11.0 Å². The van der Waals surface area contributed by atoms with Gasteiger partial charge in [0.05, 0.1) is 11.0 Å². The van der Waals surface area contributed by atoms with Gasteiger partial charge in [-0.05, 0) is 50.9 Å². The monoisotopic (exact) mass is 391 g/mol. The minimum atomic E-state index is -0.0599. The first-order valence-corrected chi connectivity index (χ1v) is 11.1. The van der Waals surface area contributed by atoms with Gasteiger partial charge in [0.2, 0.25) is 0 Å². The maximum Gasteiger partial charge on any atom is 0.0719 e. The van der Waals surface area contributed by atoms with Crippen LogP contribution in [-0.2, 0) is 16.2 Å². The van der Waals surface area contributed by atoms with Crippen molar-refractivity contribution in [3.8, 4) is 11.1 Å². The Balaban J connectivity index is 1.97. The van der Waals surface area contributed by atoms with Crippen LogP contribution in [0.5, 0.6) is 0 Å². The van der Waals surface area contributed by atoms with Gasteiger partial charge in [-0.15, -0.1) is 0 Å². The number of benzene rings is 3. The van der Waals surface area contributed by atoms with Gasteiger partial charge in [-0.1, -0.05) is 84.9 Å². The molecule has 1 heterocycles. The first-order valence-electron chi connectivity index (χ1n) is 11.1. The highest BCUT2D eigenvalue weighted by Crippen LogP contribution is 2.58. The summed E-state index contributed by atoms with van der Waals surface area (Å²) in [7, 11) is 0. The van der Waals surface area contributed by atoms with Crippen LogP contribution < -0.4 is 0 Å². The Labute approximate surface area is 179 Å². The maximum atomic E-state index is 5.13. The smallest absolute Gasteiger partial charge is 0.0719 e. The molecule has 0 fully saturated rings. The lowest BCUT2D eigenvalue weighted by molar-refractivity contribution is 0.571. The molecule has 150 valence electrons. The number of hydrogen-bond donors (Lipinski definition) is 0. The zero-order valence-corrected chi connectivity index (χ0v) is 19.1. The van der Waals surface area contributed by atoms with Gasteiger partial charge in [0, 0.05) is 27.2 Å². The van der Waals surface area contributed by atoms with Crippen molar-refractivity contribution in [2.24, 2.45) is 0 Å². The lowest BCUT2D eigenvalue weighted by Gasteiger charge is -2.44. The molecule has 0 saturated heterocycles. The fraction of sp³-hybridized carbons (Fsp3) is 0.345. The highest BCUT2D eigenvalue weighted by molar-refractivity contribution is 6.16. The second-order valence-corrected chi connectivity index (χ2v) is 11.3. The predicted molar refractivity (Wildman–Crippen MR) is 128 cm³/mol. The minimum Gasteiger partial charge on any atom is -0.248 e. The summed E-state index contributed by atoms with van der Waals surface area (Å²) in [6.45, 7) is 16.6. The van der Waals surface area contributed by atoms with Crippen LogP contribution in [0.4, 0.5) is 0 Å². The molecule has 3 aromatic carbocycles. The first-order chi connectivity index (χ1) is 14.0. The van der Waals surface area contributed by atoms with Crippen molar-refractivity contribution in [3.05, 3.63) is 76.3 Å². The van der Waals surface area contributed by atoms with Crippen LogP contribution in [0, 0.1) is 0 Å². The number of nitrogens with zero attached hydrogens (tertiary/aromatic N) is 1. The van der Waals surface area contributed by atoms with E-state index in [4.69, 9.17) is 4.98 Å². The van der Waals surface area contributed by atoms with Crippen LogP contribution >= 0.6 is 0 Å². The molecule has 0 N–H and O–H groups in total. The van der Waals surface area contributed by atoms with Crippen molar-refractivity contribution in [1.82, 2.24) is 4.98 Å². The summed E-state index contributed by atoms with van der Waals surface area (Å²) in [5.74, 6) is 0. The average molecular weight is 392 g/mol. The van der Waals surface area contributed by atoms with Crippen molar-refractivity contribution >= 4 is 21.8 Å². The third-order valence-corrected chi connectivity index (χ3v) is 7.77. The molecule has 0 radical (unpaired) electrons. The molecule has 1 aromatic heterocycles. The molecule has 2 aliphatic carbocycles. The molecule has 0 spiro atoms. The third-order valence-electron chi connectivity index (χ3n) is 7.77. The van der Waals surface area contributed by atoms with E-state index in [2.05, 4.69) is 97.0 Å². The zero-order valence-electron chi connectivity index (χ0n) is 19.1. The second-order valence-electron chi connectivity index (χ2n) is 11.3. The normalized spacial score (nSPS) is 17.7. The van der Waals surface area contributed by atoms with Gasteiger partial charge < -0.3 is 0 Å². The van der Waals surface area contributed by atoms with Gasteiger partial charge >= 0.3 is 0 Å². The standard InChI is InChI=1S/C29H29N/c1-27(2,3)16-14-19-23-20(15-16)29(6,7)18-11-9-13-22-25(18)26(23)24-17(28(19,4)5)10-8-12-21(24)30-22/h8-15H,1-7H3. The Hall–Kier alpha value is -2.67. The summed E-state index contributed by atoms with van der Waals surface area (Å²) in [6, 6.07) is 18.4. The summed E-state index contributed by atoms with van der Waals surface area (Å²) >= 11 is 0. The molecule has 0 aliphatic heterocycles. The molecule has 0 bridgehead atoms. The van der Waals surface area contributed by atoms with E-state index < -0.39 is 0 Å². The van der Waals surface area contributed by atoms with E-state index in [-0.39, 0.29) is 16.2 Å². The van der Waals surface area contributed by atoms with Crippen molar-refractivity contribution < 1.29 is 0 Å². The molecule has 0 atom stereocenters. The third kappa shape index (κ3) is 1.97. The number of hydrogen-bond acceptors (Lipinski definition) is 1. The topological polar surface area (TPSA) is 12.9 Å². The fourth-order valence-corrected chi connectivity index (χ4v) is 5.96. The van der Waals surface area contributed by atoms with Gasteiger partial charge in [0.25, 0.3) is 0 Å². The lowest BCUT2D eigenvalue weighted by atomic mass is 9.59. The quantitative estimate of drug-likeness (QED) is 0.281. The summed E-state index contributed by atoms with van der Waals surface area (Å²) in [6.07, 6.45) is 0. The zero-order chi connectivity index (χ0) is 21.2. The highest BCUT2D eigenvalue weighted by atomic mass is 14.7. The van der Waals surface area contributed by atoms with Crippen molar-refractivity contribution in [3.63, 3.8) is 0 Å². The lowest BCUT2D eigenvalue weighted by Crippen LogP contribution is -2.32. The van der Waals surface area contributed by atoms with Gasteiger partial charge in [-0.2, -0.15) is 0 Å². The Morgan fingerprint density at radius 3 is 1.53 bits per heavy atom. The molecule has 0 amide bonds. The molecule has 0 unspecified atom stereocenters. The molecular weight excluding hydrogens is 362 g/mol. The molecule has 1 heteroatoms. The Kier molecular flexibility index (Phi) is 3.11. The fourth-order valence-electron chi connectivity index (χ4n) is 5.96. The maximum absolute atomic E-state index is 5.13. The molecule has 6 rings (SSSR count). The summed E-state index contributed by atoms with van der Waals surface area (Å²) < 4.78 is 0. The Bertz CT molecular complexity index is 1320. The van der Waals surface area contributed by atoms with Crippen LogP contribution in [0.2, 0.25) is 0 Å². The van der Waals surface area contributed by atoms with Crippen LogP contribution in [0.25, 0.3) is 32.9 Å². The molecule has 1 nitrogen and oxygen atoms in total. The van der Waals surface area contributed by atoms with E-state index in [1.54, 1.807) is 0 Å². The number of aromatic nitrogens is 1. The van der Waals surface area contributed by atoms with E-state index in [9.17, 15) is 0 Å². The molecular formula is C29H29N. The summed E-state index contributed by atoms with van der Waals surface area (Å²) in [5.41, 5.74) is 12.3. The van der Waals surface area contributed by atoms with Gasteiger partial charge in [0.1, 0.15) is 0 Å². The average Bonchev–Trinajstić information content (AvgIpc) is 2.68. The van der Waals surface area contributed by atoms with E-state index in [1.165, 1.54) is 49.7 Å². The first kappa shape index (κ1) is 18.1. The predicted octanol–water partition coefficient (Wildman–Crippen LogP) is 7.63. The van der Waals surface area contributed by atoms with Gasteiger partial charge in [-0.3, -0.25) is 0 Å². The van der Waals surface area contributed by atoms with E-state index in [0.29, 0.717) is 0 Å². The minimum absolute atomic E-state index is 0.0599. The van der Waals surface area contributed by atoms with Gasteiger partial charge in [-0.25, -0.2) is 4.98 Å². The SMILES string of the molecule is CC(C)(C)c1cc2c3c(c1)C(C)(C)c1cccc4nc5cccc(c5c-3c14)C2(C)C. The van der Waals surface area contributed by atoms with E-state index >= 15 is 0 Å². The number of pyridine rings is 1.